The monoisotopic (exact) mass is 145 g/mol. The van der Waals surface area contributed by atoms with Crippen molar-refractivity contribution >= 4 is 12.2 Å². The smallest absolute Gasteiger partial charge is 0.356 e. The minimum atomic E-state index is -1.13. The van der Waals surface area contributed by atoms with Gasteiger partial charge in [-0.25, -0.2) is 4.79 Å². The second kappa shape index (κ2) is 4.39. The van der Waals surface area contributed by atoms with E-state index in [1.54, 1.807) is 0 Å². The van der Waals surface area contributed by atoms with Crippen molar-refractivity contribution in [3.05, 3.63) is 0 Å². The Morgan fingerprint density at radius 1 is 1.80 bits per heavy atom. The van der Waals surface area contributed by atoms with Crippen molar-refractivity contribution in [3.8, 4) is 0 Å². The van der Waals surface area contributed by atoms with E-state index in [-0.39, 0.29) is 0 Å². The molecule has 7 heteroatoms. The van der Waals surface area contributed by atoms with E-state index in [1.807, 2.05) is 0 Å². The van der Waals surface area contributed by atoms with Crippen molar-refractivity contribution in [3.63, 3.8) is 0 Å². The molecular weight excluding hydrogens is 138 g/mol. The molecular formula is C3H7N5O2. The number of nitrogens with zero attached hydrogens (tertiary/aromatic N) is 2. The SMILES string of the molecule is N=C[C@H](N=NN)C(=O)ON. The number of hydrogen-bond donors (Lipinski definition) is 3. The summed E-state index contributed by atoms with van der Waals surface area (Å²) in [6.07, 6.45) is 0.714. The summed E-state index contributed by atoms with van der Waals surface area (Å²) in [4.78, 5) is 14.2. The van der Waals surface area contributed by atoms with Gasteiger partial charge in [-0.1, -0.05) is 5.22 Å². The highest BCUT2D eigenvalue weighted by atomic mass is 16.7. The number of nitrogens with two attached hydrogens (primary N) is 2. The molecule has 0 bridgehead atoms. The van der Waals surface area contributed by atoms with Crippen LogP contribution in [0.15, 0.2) is 10.3 Å². The van der Waals surface area contributed by atoms with Gasteiger partial charge in [-0.3, -0.25) is 0 Å². The highest BCUT2D eigenvalue weighted by Gasteiger charge is 2.14. The molecule has 0 aromatic carbocycles. The first-order valence-electron chi connectivity index (χ1n) is 2.27. The van der Waals surface area contributed by atoms with Crippen molar-refractivity contribution in [1.82, 2.24) is 0 Å². The molecule has 0 fully saturated rings. The van der Waals surface area contributed by atoms with Crippen LogP contribution in [0.4, 0.5) is 0 Å². The molecule has 0 unspecified atom stereocenters. The normalized spacial score (nSPS) is 12.9. The van der Waals surface area contributed by atoms with Gasteiger partial charge in [0.2, 0.25) is 6.04 Å². The van der Waals surface area contributed by atoms with E-state index in [0.717, 1.165) is 0 Å². The average molecular weight is 145 g/mol. The second-order valence-electron chi connectivity index (χ2n) is 1.28. The standard InChI is InChI=1S/C3H7N5O2/c4-1-2(7-8-5)3(9)10-6/h1-2,4H,6H2,(H2,5,7)/t2-/m0/s1. The lowest BCUT2D eigenvalue weighted by Gasteiger charge is -1.98. The Morgan fingerprint density at radius 3 is 2.70 bits per heavy atom. The maximum absolute atomic E-state index is 10.4. The van der Waals surface area contributed by atoms with Crippen LogP contribution >= 0.6 is 0 Å². The van der Waals surface area contributed by atoms with E-state index < -0.39 is 12.0 Å². The van der Waals surface area contributed by atoms with Gasteiger partial charge in [0.25, 0.3) is 0 Å². The molecule has 0 aliphatic heterocycles. The van der Waals surface area contributed by atoms with Crippen molar-refractivity contribution in [2.24, 2.45) is 22.1 Å². The molecule has 0 aromatic heterocycles. The average Bonchev–Trinajstić information content (AvgIpc) is 1.99. The molecule has 56 valence electrons. The topological polar surface area (TPSA) is 127 Å². The molecule has 0 aliphatic carbocycles. The second-order valence-corrected chi connectivity index (χ2v) is 1.28. The molecule has 0 aliphatic rings. The van der Waals surface area contributed by atoms with Gasteiger partial charge in [0.1, 0.15) is 0 Å². The zero-order valence-corrected chi connectivity index (χ0v) is 5.02. The third kappa shape index (κ3) is 2.18. The first kappa shape index (κ1) is 8.50. The van der Waals surface area contributed by atoms with Gasteiger partial charge in [0, 0.05) is 6.21 Å². The molecule has 0 saturated carbocycles. The fourth-order valence-corrected chi connectivity index (χ4v) is 0.290. The minimum absolute atomic E-state index is 0.714. The maximum atomic E-state index is 10.4. The van der Waals surface area contributed by atoms with Gasteiger partial charge in [-0.15, -0.1) is 0 Å². The fourth-order valence-electron chi connectivity index (χ4n) is 0.290. The van der Waals surface area contributed by atoms with Gasteiger partial charge >= 0.3 is 5.97 Å². The van der Waals surface area contributed by atoms with Crippen molar-refractivity contribution in [2.75, 3.05) is 0 Å². The number of carbonyl (C=O) groups is 1. The quantitative estimate of drug-likeness (QED) is 0.198. The zero-order chi connectivity index (χ0) is 7.98. The molecule has 10 heavy (non-hydrogen) atoms. The third-order valence-corrected chi connectivity index (χ3v) is 0.707. The van der Waals surface area contributed by atoms with Gasteiger partial charge in [0.15, 0.2) is 0 Å². The molecule has 0 radical (unpaired) electrons. The minimum Gasteiger partial charge on any atom is -0.371 e. The van der Waals surface area contributed by atoms with Crippen LogP contribution in [-0.4, -0.2) is 18.2 Å². The van der Waals surface area contributed by atoms with Crippen LogP contribution in [0.1, 0.15) is 0 Å². The Labute approximate surface area is 56.5 Å². The number of nitrogens with one attached hydrogen (secondary N) is 1. The van der Waals surface area contributed by atoms with Crippen LogP contribution in [0.25, 0.3) is 0 Å². The van der Waals surface area contributed by atoms with Gasteiger partial charge in [0.05, 0.1) is 0 Å². The Bertz CT molecular complexity index is 155. The first-order valence-corrected chi connectivity index (χ1v) is 2.27. The molecule has 0 heterocycles. The summed E-state index contributed by atoms with van der Waals surface area (Å²) in [6, 6.07) is -1.13. The first-order chi connectivity index (χ1) is 4.76. The van der Waals surface area contributed by atoms with Crippen LogP contribution in [-0.2, 0) is 9.63 Å². The van der Waals surface area contributed by atoms with E-state index in [2.05, 4.69) is 26.9 Å². The molecule has 0 amide bonds. The van der Waals surface area contributed by atoms with Gasteiger partial charge in [-0.2, -0.15) is 11.0 Å². The van der Waals surface area contributed by atoms with Crippen molar-refractivity contribution in [2.45, 2.75) is 6.04 Å². The number of carbonyl (C=O) groups excluding carboxylic acids is 1. The number of hydrogen-bond acceptors (Lipinski definition) is 6. The molecule has 5 N–H and O–H groups in total. The van der Waals surface area contributed by atoms with Gasteiger partial charge < -0.3 is 16.1 Å². The van der Waals surface area contributed by atoms with E-state index in [9.17, 15) is 4.79 Å². The van der Waals surface area contributed by atoms with Crippen LogP contribution in [0.3, 0.4) is 0 Å². The summed E-state index contributed by atoms with van der Waals surface area (Å²) in [7, 11) is 0. The van der Waals surface area contributed by atoms with Crippen LogP contribution < -0.4 is 11.7 Å². The molecule has 0 spiro atoms. The van der Waals surface area contributed by atoms with Crippen LogP contribution in [0, 0.1) is 5.41 Å². The predicted molar refractivity (Wildman–Crippen MR) is 31.9 cm³/mol. The van der Waals surface area contributed by atoms with Crippen molar-refractivity contribution < 1.29 is 9.63 Å². The highest BCUT2D eigenvalue weighted by Crippen LogP contribution is 1.88. The van der Waals surface area contributed by atoms with Crippen molar-refractivity contribution in [1.29, 1.82) is 5.41 Å². The third-order valence-electron chi connectivity index (χ3n) is 0.707. The largest absolute Gasteiger partial charge is 0.371 e. The maximum Gasteiger partial charge on any atom is 0.356 e. The van der Waals surface area contributed by atoms with E-state index in [4.69, 9.17) is 5.41 Å². The molecule has 0 aromatic rings. The van der Waals surface area contributed by atoms with E-state index >= 15 is 0 Å². The summed E-state index contributed by atoms with van der Waals surface area (Å²) in [5.74, 6) is 8.22. The van der Waals surface area contributed by atoms with Crippen LogP contribution in [0.2, 0.25) is 0 Å². The Morgan fingerprint density at radius 2 is 2.40 bits per heavy atom. The molecule has 0 saturated heterocycles. The lowest BCUT2D eigenvalue weighted by atomic mass is 10.4. The lowest BCUT2D eigenvalue weighted by Crippen LogP contribution is -2.25. The molecule has 7 nitrogen and oxygen atoms in total. The van der Waals surface area contributed by atoms with E-state index in [0.29, 0.717) is 6.21 Å². The Kier molecular flexibility index (Phi) is 3.73. The summed E-state index contributed by atoms with van der Waals surface area (Å²) < 4.78 is 0. The lowest BCUT2D eigenvalue weighted by molar-refractivity contribution is -0.143. The summed E-state index contributed by atoms with van der Waals surface area (Å²) in [6.45, 7) is 0. The van der Waals surface area contributed by atoms with Crippen LogP contribution in [0.5, 0.6) is 0 Å². The zero-order valence-electron chi connectivity index (χ0n) is 5.02. The highest BCUT2D eigenvalue weighted by molar-refractivity contribution is 5.92. The van der Waals surface area contributed by atoms with Gasteiger partial charge in [-0.05, 0) is 0 Å². The molecule has 1 atom stereocenters. The summed E-state index contributed by atoms with van der Waals surface area (Å²) >= 11 is 0. The van der Waals surface area contributed by atoms with E-state index in [1.165, 1.54) is 0 Å². The predicted octanol–water partition coefficient (Wildman–Crippen LogP) is -1.25. The molecule has 0 rings (SSSR count). The summed E-state index contributed by atoms with van der Waals surface area (Å²) in [5.41, 5.74) is 0. The fraction of sp³-hybridized carbons (Fsp3) is 0.333. The Hall–Kier alpha value is -1.50. The Balaban J connectivity index is 4.06. The summed E-state index contributed by atoms with van der Waals surface area (Å²) in [5, 5.41) is 12.5. The number of rotatable bonds is 3.